The van der Waals surface area contributed by atoms with E-state index in [1.54, 1.807) is 4.90 Å². The second-order valence-electron chi connectivity index (χ2n) is 7.54. The molecule has 0 aliphatic carbocycles. The Morgan fingerprint density at radius 3 is 2.50 bits per heavy atom. The number of carbonyl (C=O) groups is 3. The molecule has 6 nitrogen and oxygen atoms in total. The summed E-state index contributed by atoms with van der Waals surface area (Å²) >= 11 is 0. The maximum Gasteiger partial charge on any atom is 0.311 e. The van der Waals surface area contributed by atoms with E-state index < -0.39 is 11.9 Å². The standard InChI is InChI=1S/C24H28N2O4/c1-4-17-9-11-20(12-10-17)26-14-19(13-22(26)28)24(29)30-15-21(27)25-23-16(3)7-6-8-18(23)5-2/h6-12,19H,4-5,13-15H2,1-3H3,(H,25,27)/t19-/m1/s1. The van der Waals surface area contributed by atoms with Gasteiger partial charge in [0.1, 0.15) is 0 Å². The quantitative estimate of drug-likeness (QED) is 0.710. The van der Waals surface area contributed by atoms with Crippen LogP contribution < -0.4 is 10.2 Å². The highest BCUT2D eigenvalue weighted by Gasteiger charge is 2.36. The molecule has 1 N–H and O–H groups in total. The first-order valence-electron chi connectivity index (χ1n) is 10.4. The molecule has 158 valence electrons. The molecule has 0 radical (unpaired) electrons. The summed E-state index contributed by atoms with van der Waals surface area (Å²) in [6, 6.07) is 13.6. The molecule has 0 bridgehead atoms. The lowest BCUT2D eigenvalue weighted by atomic mass is 10.1. The molecule has 1 heterocycles. The minimum atomic E-state index is -0.569. The molecule has 2 aromatic carbocycles. The SMILES string of the molecule is CCc1ccc(N2C[C@H](C(=O)OCC(=O)Nc3c(C)cccc3CC)CC2=O)cc1. The minimum absolute atomic E-state index is 0.0910. The number of rotatable bonds is 7. The van der Waals surface area contributed by atoms with Gasteiger partial charge >= 0.3 is 5.97 Å². The van der Waals surface area contributed by atoms with Crippen LogP contribution in [0.5, 0.6) is 0 Å². The number of benzene rings is 2. The molecule has 0 unspecified atom stereocenters. The lowest BCUT2D eigenvalue weighted by Crippen LogP contribution is -2.28. The second-order valence-corrected chi connectivity index (χ2v) is 7.54. The highest BCUT2D eigenvalue weighted by Crippen LogP contribution is 2.26. The summed E-state index contributed by atoms with van der Waals surface area (Å²) in [5.41, 5.74) is 4.71. The number of nitrogens with one attached hydrogen (secondary N) is 1. The molecule has 6 heteroatoms. The molecule has 1 atom stereocenters. The van der Waals surface area contributed by atoms with Crippen molar-refractivity contribution in [2.24, 2.45) is 5.92 Å². The molecule has 1 saturated heterocycles. The van der Waals surface area contributed by atoms with E-state index in [0.717, 1.165) is 35.3 Å². The Hall–Kier alpha value is -3.15. The van der Waals surface area contributed by atoms with E-state index in [0.29, 0.717) is 0 Å². The summed E-state index contributed by atoms with van der Waals surface area (Å²) in [4.78, 5) is 38.7. The van der Waals surface area contributed by atoms with Crippen molar-refractivity contribution in [1.29, 1.82) is 0 Å². The van der Waals surface area contributed by atoms with E-state index in [1.165, 1.54) is 5.56 Å². The smallest absolute Gasteiger partial charge is 0.311 e. The van der Waals surface area contributed by atoms with Gasteiger partial charge < -0.3 is 15.0 Å². The summed E-state index contributed by atoms with van der Waals surface area (Å²) in [7, 11) is 0. The molecule has 0 saturated carbocycles. The predicted molar refractivity (Wildman–Crippen MR) is 116 cm³/mol. The van der Waals surface area contributed by atoms with Crippen molar-refractivity contribution in [1.82, 2.24) is 0 Å². The molecule has 3 rings (SSSR count). The van der Waals surface area contributed by atoms with Crippen LogP contribution in [-0.4, -0.2) is 30.9 Å². The molecule has 0 aromatic heterocycles. The fraction of sp³-hybridized carbons (Fsp3) is 0.375. The minimum Gasteiger partial charge on any atom is -0.455 e. The van der Waals surface area contributed by atoms with Gasteiger partial charge in [-0.25, -0.2) is 0 Å². The normalized spacial score (nSPS) is 15.9. The number of hydrogen-bond donors (Lipinski definition) is 1. The molecule has 2 aromatic rings. The van der Waals surface area contributed by atoms with E-state index in [1.807, 2.05) is 56.3 Å². The van der Waals surface area contributed by atoms with E-state index in [9.17, 15) is 14.4 Å². The Kier molecular flexibility index (Phi) is 6.87. The molecule has 30 heavy (non-hydrogen) atoms. The summed E-state index contributed by atoms with van der Waals surface area (Å²) in [6.07, 6.45) is 1.80. The van der Waals surface area contributed by atoms with Gasteiger partial charge in [-0.3, -0.25) is 14.4 Å². The molecular weight excluding hydrogens is 380 g/mol. The third kappa shape index (κ3) is 4.87. The lowest BCUT2D eigenvalue weighted by molar-refractivity contribution is -0.151. The fourth-order valence-corrected chi connectivity index (χ4v) is 3.66. The van der Waals surface area contributed by atoms with Crippen LogP contribution in [0.2, 0.25) is 0 Å². The first-order valence-corrected chi connectivity index (χ1v) is 10.4. The Morgan fingerprint density at radius 2 is 1.83 bits per heavy atom. The number of anilines is 2. The topological polar surface area (TPSA) is 75.7 Å². The van der Waals surface area contributed by atoms with Gasteiger partial charge in [-0.2, -0.15) is 0 Å². The van der Waals surface area contributed by atoms with Crippen LogP contribution in [0.25, 0.3) is 0 Å². The van der Waals surface area contributed by atoms with E-state index >= 15 is 0 Å². The Bertz CT molecular complexity index is 937. The Labute approximate surface area is 177 Å². The highest BCUT2D eigenvalue weighted by atomic mass is 16.5. The molecule has 1 aliphatic heterocycles. The average Bonchev–Trinajstić information content (AvgIpc) is 3.15. The van der Waals surface area contributed by atoms with Crippen molar-refractivity contribution in [3.63, 3.8) is 0 Å². The average molecular weight is 408 g/mol. The zero-order valence-electron chi connectivity index (χ0n) is 17.7. The number of amides is 2. The zero-order valence-corrected chi connectivity index (χ0v) is 17.7. The number of nitrogens with zero attached hydrogens (tertiary/aromatic N) is 1. The third-order valence-electron chi connectivity index (χ3n) is 5.46. The maximum atomic E-state index is 12.4. The number of para-hydroxylation sites is 1. The van der Waals surface area contributed by atoms with Gasteiger partial charge in [-0.1, -0.05) is 44.2 Å². The summed E-state index contributed by atoms with van der Waals surface area (Å²) < 4.78 is 5.21. The van der Waals surface area contributed by atoms with Gasteiger partial charge in [-0.15, -0.1) is 0 Å². The van der Waals surface area contributed by atoms with Crippen molar-refractivity contribution in [3.8, 4) is 0 Å². The second kappa shape index (κ2) is 9.57. The Morgan fingerprint density at radius 1 is 1.10 bits per heavy atom. The third-order valence-corrected chi connectivity index (χ3v) is 5.46. The van der Waals surface area contributed by atoms with Crippen molar-refractivity contribution in [2.75, 3.05) is 23.4 Å². The number of ether oxygens (including phenoxy) is 1. The number of aryl methyl sites for hydroxylation is 3. The van der Waals surface area contributed by atoms with Crippen LogP contribution in [0.15, 0.2) is 42.5 Å². The Balaban J connectivity index is 1.55. The zero-order chi connectivity index (χ0) is 21.7. The highest BCUT2D eigenvalue weighted by molar-refractivity contribution is 6.00. The van der Waals surface area contributed by atoms with Crippen LogP contribution in [0, 0.1) is 12.8 Å². The fourth-order valence-electron chi connectivity index (χ4n) is 3.66. The van der Waals surface area contributed by atoms with Gasteiger partial charge in [0.15, 0.2) is 6.61 Å². The van der Waals surface area contributed by atoms with Crippen molar-refractivity contribution in [2.45, 2.75) is 40.0 Å². The van der Waals surface area contributed by atoms with Crippen LogP contribution in [0.4, 0.5) is 11.4 Å². The summed E-state index contributed by atoms with van der Waals surface area (Å²) in [5.74, 6) is -1.59. The van der Waals surface area contributed by atoms with Gasteiger partial charge in [0.25, 0.3) is 5.91 Å². The monoisotopic (exact) mass is 408 g/mol. The van der Waals surface area contributed by atoms with Crippen molar-refractivity contribution in [3.05, 3.63) is 59.2 Å². The van der Waals surface area contributed by atoms with E-state index in [2.05, 4.69) is 12.2 Å². The maximum absolute atomic E-state index is 12.4. The molecule has 1 fully saturated rings. The molecule has 0 spiro atoms. The summed E-state index contributed by atoms with van der Waals surface area (Å²) in [6.45, 7) is 5.91. The summed E-state index contributed by atoms with van der Waals surface area (Å²) in [5, 5.41) is 2.84. The number of esters is 1. The largest absolute Gasteiger partial charge is 0.455 e. The lowest BCUT2D eigenvalue weighted by Gasteiger charge is -2.17. The van der Waals surface area contributed by atoms with Gasteiger partial charge in [-0.05, 0) is 48.6 Å². The van der Waals surface area contributed by atoms with Gasteiger partial charge in [0.05, 0.1) is 5.92 Å². The molecule has 1 aliphatic rings. The first kappa shape index (κ1) is 21.6. The predicted octanol–water partition coefficient (Wildman–Crippen LogP) is 3.65. The number of carbonyl (C=O) groups excluding carboxylic acids is 3. The van der Waals surface area contributed by atoms with Crippen LogP contribution in [0.1, 0.15) is 37.0 Å². The van der Waals surface area contributed by atoms with Gasteiger partial charge in [0, 0.05) is 24.3 Å². The van der Waals surface area contributed by atoms with Crippen LogP contribution >= 0.6 is 0 Å². The van der Waals surface area contributed by atoms with Crippen molar-refractivity contribution < 1.29 is 19.1 Å². The first-order chi connectivity index (χ1) is 14.4. The van der Waals surface area contributed by atoms with E-state index in [-0.39, 0.29) is 31.4 Å². The van der Waals surface area contributed by atoms with Gasteiger partial charge in [0.2, 0.25) is 5.91 Å². The molecule has 2 amide bonds. The van der Waals surface area contributed by atoms with Crippen molar-refractivity contribution >= 4 is 29.2 Å². The molecular formula is C24H28N2O4. The van der Waals surface area contributed by atoms with Crippen LogP contribution in [-0.2, 0) is 32.0 Å². The van der Waals surface area contributed by atoms with Crippen LogP contribution in [0.3, 0.4) is 0 Å². The van der Waals surface area contributed by atoms with E-state index in [4.69, 9.17) is 4.74 Å². The number of hydrogen-bond acceptors (Lipinski definition) is 4.